The second-order valence-electron chi connectivity index (χ2n) is 4.57. The summed E-state index contributed by atoms with van der Waals surface area (Å²) in [6.45, 7) is 5.10. The molecule has 0 aromatic heterocycles. The number of carbonyl (C=O) groups excluding carboxylic acids is 1. The minimum Gasteiger partial charge on any atom is -0.391 e. The minimum atomic E-state index is -0.352. The first-order valence-electron chi connectivity index (χ1n) is 5.62. The summed E-state index contributed by atoms with van der Waals surface area (Å²) in [5.74, 6) is 0.0309. The molecular formula is C13H17NO2. The highest BCUT2D eigenvalue weighted by atomic mass is 16.3. The van der Waals surface area contributed by atoms with Crippen molar-refractivity contribution in [2.24, 2.45) is 0 Å². The van der Waals surface area contributed by atoms with Crippen LogP contribution < -0.4 is 0 Å². The van der Waals surface area contributed by atoms with E-state index in [2.05, 4.69) is 6.07 Å². The Labute approximate surface area is 95.7 Å². The summed E-state index contributed by atoms with van der Waals surface area (Å²) in [4.78, 5) is 13.8. The molecule has 0 bridgehead atoms. The molecule has 1 unspecified atom stereocenters. The normalized spacial score (nSPS) is 20.2. The van der Waals surface area contributed by atoms with Crippen LogP contribution in [0.4, 0.5) is 0 Å². The SMILES string of the molecule is Cc1cc(C)cc(C(=O)N2CCC(O)C2)c1. The van der Waals surface area contributed by atoms with Crippen molar-refractivity contribution >= 4 is 5.91 Å². The fourth-order valence-electron chi connectivity index (χ4n) is 2.21. The zero-order chi connectivity index (χ0) is 11.7. The van der Waals surface area contributed by atoms with Crippen LogP contribution in [0.25, 0.3) is 0 Å². The molecule has 1 saturated heterocycles. The van der Waals surface area contributed by atoms with Gasteiger partial charge in [-0.05, 0) is 32.4 Å². The fraction of sp³-hybridized carbons (Fsp3) is 0.462. The third-order valence-electron chi connectivity index (χ3n) is 2.92. The molecule has 16 heavy (non-hydrogen) atoms. The number of amides is 1. The molecule has 1 aromatic carbocycles. The maximum atomic E-state index is 12.1. The van der Waals surface area contributed by atoms with E-state index >= 15 is 0 Å². The average molecular weight is 219 g/mol. The Morgan fingerprint density at radius 1 is 1.31 bits per heavy atom. The lowest BCUT2D eigenvalue weighted by Crippen LogP contribution is -2.29. The Bertz CT molecular complexity index is 394. The van der Waals surface area contributed by atoms with Gasteiger partial charge in [-0.15, -0.1) is 0 Å². The van der Waals surface area contributed by atoms with Crippen LogP contribution in [0, 0.1) is 13.8 Å². The van der Waals surface area contributed by atoms with E-state index in [-0.39, 0.29) is 12.0 Å². The van der Waals surface area contributed by atoms with Crippen molar-refractivity contribution < 1.29 is 9.90 Å². The highest BCUT2D eigenvalue weighted by molar-refractivity contribution is 5.94. The molecule has 86 valence electrons. The standard InChI is InChI=1S/C13H17NO2/c1-9-5-10(2)7-11(6-9)13(16)14-4-3-12(15)8-14/h5-7,12,15H,3-4,8H2,1-2H3. The molecule has 1 atom stereocenters. The number of nitrogens with zero attached hydrogens (tertiary/aromatic N) is 1. The van der Waals surface area contributed by atoms with E-state index in [1.165, 1.54) is 0 Å². The number of likely N-dealkylation sites (tertiary alicyclic amines) is 1. The van der Waals surface area contributed by atoms with E-state index in [1.807, 2.05) is 26.0 Å². The predicted octanol–water partition coefficient (Wildman–Crippen LogP) is 1.51. The molecule has 3 nitrogen and oxygen atoms in total. The van der Waals surface area contributed by atoms with Gasteiger partial charge in [0.15, 0.2) is 0 Å². The van der Waals surface area contributed by atoms with E-state index in [1.54, 1.807) is 4.90 Å². The number of hydrogen-bond acceptors (Lipinski definition) is 2. The van der Waals surface area contributed by atoms with Gasteiger partial charge in [0.1, 0.15) is 0 Å². The van der Waals surface area contributed by atoms with Crippen LogP contribution in [-0.2, 0) is 0 Å². The predicted molar refractivity (Wildman–Crippen MR) is 62.4 cm³/mol. The molecule has 1 aliphatic rings. The number of aryl methyl sites for hydroxylation is 2. The molecule has 3 heteroatoms. The number of hydrogen-bond donors (Lipinski definition) is 1. The number of rotatable bonds is 1. The largest absolute Gasteiger partial charge is 0.391 e. The number of carbonyl (C=O) groups is 1. The number of β-amino-alcohol motifs (C(OH)–C–C–N with tert-alkyl or cyclic N) is 1. The van der Waals surface area contributed by atoms with Crippen LogP contribution in [0.1, 0.15) is 27.9 Å². The summed E-state index contributed by atoms with van der Waals surface area (Å²) in [7, 11) is 0. The highest BCUT2D eigenvalue weighted by Gasteiger charge is 2.25. The van der Waals surface area contributed by atoms with Gasteiger partial charge in [-0.25, -0.2) is 0 Å². The first kappa shape index (κ1) is 11.1. The van der Waals surface area contributed by atoms with E-state index in [0.29, 0.717) is 19.5 Å². The fourth-order valence-corrected chi connectivity index (χ4v) is 2.21. The lowest BCUT2D eigenvalue weighted by molar-refractivity contribution is 0.0765. The van der Waals surface area contributed by atoms with Gasteiger partial charge >= 0.3 is 0 Å². The Morgan fingerprint density at radius 2 is 1.94 bits per heavy atom. The molecule has 0 radical (unpaired) electrons. The maximum Gasteiger partial charge on any atom is 0.253 e. The quantitative estimate of drug-likeness (QED) is 0.777. The summed E-state index contributed by atoms with van der Waals surface area (Å²) in [5.41, 5.74) is 2.93. The topological polar surface area (TPSA) is 40.5 Å². The number of benzene rings is 1. The lowest BCUT2D eigenvalue weighted by Gasteiger charge is -2.16. The molecule has 1 aliphatic heterocycles. The van der Waals surface area contributed by atoms with Crippen molar-refractivity contribution in [2.75, 3.05) is 13.1 Å². The Hall–Kier alpha value is -1.35. The molecule has 0 spiro atoms. The first-order chi connectivity index (χ1) is 7.56. The first-order valence-corrected chi connectivity index (χ1v) is 5.62. The van der Waals surface area contributed by atoms with E-state index in [0.717, 1.165) is 16.7 Å². The van der Waals surface area contributed by atoms with Gasteiger partial charge in [0.05, 0.1) is 6.10 Å². The van der Waals surface area contributed by atoms with E-state index in [9.17, 15) is 9.90 Å². The van der Waals surface area contributed by atoms with Crippen LogP contribution in [0.15, 0.2) is 18.2 Å². The maximum absolute atomic E-state index is 12.1. The molecule has 1 N–H and O–H groups in total. The lowest BCUT2D eigenvalue weighted by atomic mass is 10.1. The van der Waals surface area contributed by atoms with Crippen molar-refractivity contribution in [2.45, 2.75) is 26.4 Å². The van der Waals surface area contributed by atoms with Crippen molar-refractivity contribution in [3.8, 4) is 0 Å². The van der Waals surface area contributed by atoms with Crippen molar-refractivity contribution in [1.29, 1.82) is 0 Å². The summed E-state index contributed by atoms with van der Waals surface area (Å²) in [6, 6.07) is 5.86. The van der Waals surface area contributed by atoms with Crippen molar-refractivity contribution in [3.63, 3.8) is 0 Å². The summed E-state index contributed by atoms with van der Waals surface area (Å²) in [5, 5.41) is 9.41. The summed E-state index contributed by atoms with van der Waals surface area (Å²) < 4.78 is 0. The molecule has 1 amide bonds. The minimum absolute atomic E-state index is 0.0309. The molecule has 1 heterocycles. The summed E-state index contributed by atoms with van der Waals surface area (Å²) >= 11 is 0. The smallest absolute Gasteiger partial charge is 0.253 e. The summed E-state index contributed by atoms with van der Waals surface area (Å²) in [6.07, 6.45) is 0.339. The number of aliphatic hydroxyl groups is 1. The van der Waals surface area contributed by atoms with Gasteiger partial charge in [0.25, 0.3) is 5.91 Å². The van der Waals surface area contributed by atoms with E-state index < -0.39 is 0 Å². The molecule has 0 aliphatic carbocycles. The van der Waals surface area contributed by atoms with Gasteiger partial charge in [-0.1, -0.05) is 17.2 Å². The van der Waals surface area contributed by atoms with Gasteiger partial charge in [0.2, 0.25) is 0 Å². The van der Waals surface area contributed by atoms with Gasteiger partial charge in [-0.3, -0.25) is 4.79 Å². The Morgan fingerprint density at radius 3 is 2.44 bits per heavy atom. The van der Waals surface area contributed by atoms with Crippen LogP contribution in [0.3, 0.4) is 0 Å². The second kappa shape index (κ2) is 4.26. The van der Waals surface area contributed by atoms with Crippen LogP contribution in [0.2, 0.25) is 0 Å². The zero-order valence-electron chi connectivity index (χ0n) is 9.73. The molecular weight excluding hydrogens is 202 g/mol. The van der Waals surface area contributed by atoms with E-state index in [4.69, 9.17) is 0 Å². The third-order valence-corrected chi connectivity index (χ3v) is 2.92. The third kappa shape index (κ3) is 2.25. The van der Waals surface area contributed by atoms with Gasteiger partial charge in [-0.2, -0.15) is 0 Å². The zero-order valence-corrected chi connectivity index (χ0v) is 9.73. The van der Waals surface area contributed by atoms with Crippen molar-refractivity contribution in [3.05, 3.63) is 34.9 Å². The number of aliphatic hydroxyl groups excluding tert-OH is 1. The monoisotopic (exact) mass is 219 g/mol. The molecule has 2 rings (SSSR count). The van der Waals surface area contributed by atoms with Crippen LogP contribution >= 0.6 is 0 Å². The Balaban J connectivity index is 2.20. The van der Waals surface area contributed by atoms with Gasteiger partial charge < -0.3 is 10.0 Å². The second-order valence-corrected chi connectivity index (χ2v) is 4.57. The molecule has 1 aromatic rings. The van der Waals surface area contributed by atoms with Gasteiger partial charge in [0, 0.05) is 18.7 Å². The molecule has 0 saturated carbocycles. The highest BCUT2D eigenvalue weighted by Crippen LogP contribution is 2.15. The van der Waals surface area contributed by atoms with Crippen LogP contribution in [-0.4, -0.2) is 35.1 Å². The van der Waals surface area contributed by atoms with Crippen molar-refractivity contribution in [1.82, 2.24) is 4.90 Å². The Kier molecular flexibility index (Phi) is 2.97. The average Bonchev–Trinajstić information content (AvgIpc) is 2.62. The molecule has 1 fully saturated rings. The van der Waals surface area contributed by atoms with Crippen LogP contribution in [0.5, 0.6) is 0 Å².